The summed E-state index contributed by atoms with van der Waals surface area (Å²) in [7, 11) is 0. The lowest BCUT2D eigenvalue weighted by Crippen LogP contribution is -2.38. The van der Waals surface area contributed by atoms with Crippen molar-refractivity contribution < 1.29 is 13.9 Å². The third-order valence-electron chi connectivity index (χ3n) is 3.28. The SMILES string of the molecule is O=C(Nc1nnc(C2CCCN2)o1)NC1CCOC1. The molecule has 2 unspecified atom stereocenters. The van der Waals surface area contributed by atoms with Crippen LogP contribution in [0.1, 0.15) is 31.2 Å². The van der Waals surface area contributed by atoms with Gasteiger partial charge in [-0.15, -0.1) is 5.10 Å². The lowest BCUT2D eigenvalue weighted by atomic mass is 10.2. The summed E-state index contributed by atoms with van der Waals surface area (Å²) in [6, 6.07) is -0.0570. The van der Waals surface area contributed by atoms with Crippen LogP contribution in [-0.2, 0) is 4.74 Å². The van der Waals surface area contributed by atoms with Crippen molar-refractivity contribution in [3.05, 3.63) is 5.89 Å². The predicted octanol–water partition coefficient (Wildman–Crippen LogP) is 0.404. The van der Waals surface area contributed by atoms with Gasteiger partial charge in [-0.05, 0) is 25.8 Å². The van der Waals surface area contributed by atoms with Gasteiger partial charge >= 0.3 is 12.0 Å². The molecule has 0 spiro atoms. The third-order valence-corrected chi connectivity index (χ3v) is 3.28. The second-order valence-corrected chi connectivity index (χ2v) is 4.75. The first-order valence-electron chi connectivity index (χ1n) is 6.53. The second-order valence-electron chi connectivity index (χ2n) is 4.75. The first-order valence-corrected chi connectivity index (χ1v) is 6.53. The number of ether oxygens (including phenoxy) is 1. The molecule has 8 heteroatoms. The average Bonchev–Trinajstić information content (AvgIpc) is 3.09. The Hall–Kier alpha value is -1.67. The average molecular weight is 267 g/mol. The molecule has 2 aliphatic heterocycles. The fourth-order valence-corrected chi connectivity index (χ4v) is 2.29. The Morgan fingerprint density at radius 1 is 1.37 bits per heavy atom. The maximum absolute atomic E-state index is 11.7. The van der Waals surface area contributed by atoms with E-state index in [2.05, 4.69) is 26.1 Å². The first kappa shape index (κ1) is 12.4. The molecule has 3 heterocycles. The largest absolute Gasteiger partial charge is 0.406 e. The maximum atomic E-state index is 11.7. The van der Waals surface area contributed by atoms with Crippen LogP contribution in [0.4, 0.5) is 10.8 Å². The number of hydrogen-bond acceptors (Lipinski definition) is 6. The Kier molecular flexibility index (Phi) is 3.60. The molecule has 0 aliphatic carbocycles. The molecular formula is C11H17N5O3. The number of aromatic nitrogens is 2. The van der Waals surface area contributed by atoms with Crippen LogP contribution >= 0.6 is 0 Å². The van der Waals surface area contributed by atoms with Gasteiger partial charge in [-0.3, -0.25) is 5.32 Å². The number of carbonyl (C=O) groups excluding carboxylic acids is 1. The molecule has 2 saturated heterocycles. The van der Waals surface area contributed by atoms with Gasteiger partial charge in [-0.25, -0.2) is 4.79 Å². The van der Waals surface area contributed by atoms with Crippen molar-refractivity contribution >= 4 is 12.0 Å². The molecule has 0 aromatic carbocycles. The Labute approximate surface area is 110 Å². The van der Waals surface area contributed by atoms with E-state index >= 15 is 0 Å². The van der Waals surface area contributed by atoms with Crippen LogP contribution in [0.2, 0.25) is 0 Å². The zero-order valence-corrected chi connectivity index (χ0v) is 10.5. The molecule has 0 saturated carbocycles. The van der Waals surface area contributed by atoms with E-state index in [1.807, 2.05) is 0 Å². The normalized spacial score (nSPS) is 26.5. The smallest absolute Gasteiger partial charge is 0.323 e. The van der Waals surface area contributed by atoms with Gasteiger partial charge in [-0.1, -0.05) is 5.10 Å². The van der Waals surface area contributed by atoms with E-state index in [1.54, 1.807) is 0 Å². The highest BCUT2D eigenvalue weighted by atomic mass is 16.5. The van der Waals surface area contributed by atoms with Gasteiger partial charge in [0, 0.05) is 6.61 Å². The molecule has 8 nitrogen and oxygen atoms in total. The zero-order valence-electron chi connectivity index (χ0n) is 10.5. The van der Waals surface area contributed by atoms with Crippen LogP contribution in [-0.4, -0.2) is 42.0 Å². The summed E-state index contributed by atoms with van der Waals surface area (Å²) in [5.41, 5.74) is 0. The standard InChI is InChI=1S/C11H17N5O3/c17-10(13-7-3-5-18-6-7)14-11-16-15-9(19-11)8-2-1-4-12-8/h7-8,12H,1-6H2,(H2,13,14,16,17). The van der Waals surface area contributed by atoms with Crippen molar-refractivity contribution in [2.75, 3.05) is 25.1 Å². The van der Waals surface area contributed by atoms with Crippen molar-refractivity contribution in [2.24, 2.45) is 0 Å². The molecule has 2 amide bonds. The summed E-state index contributed by atoms with van der Waals surface area (Å²) in [6.07, 6.45) is 2.90. The molecule has 104 valence electrons. The number of nitrogens with one attached hydrogen (secondary N) is 3. The molecule has 19 heavy (non-hydrogen) atoms. The van der Waals surface area contributed by atoms with Crippen LogP contribution < -0.4 is 16.0 Å². The van der Waals surface area contributed by atoms with Gasteiger partial charge in [0.15, 0.2) is 0 Å². The van der Waals surface area contributed by atoms with Crippen molar-refractivity contribution in [1.82, 2.24) is 20.8 Å². The summed E-state index contributed by atoms with van der Waals surface area (Å²) in [5, 5.41) is 16.3. The van der Waals surface area contributed by atoms with E-state index in [4.69, 9.17) is 9.15 Å². The predicted molar refractivity (Wildman–Crippen MR) is 65.7 cm³/mol. The molecular weight excluding hydrogens is 250 g/mol. The number of anilines is 1. The summed E-state index contributed by atoms with van der Waals surface area (Å²) < 4.78 is 10.6. The van der Waals surface area contributed by atoms with E-state index in [9.17, 15) is 4.79 Å². The van der Waals surface area contributed by atoms with Gasteiger partial charge in [0.1, 0.15) is 0 Å². The van der Waals surface area contributed by atoms with Gasteiger partial charge in [0.2, 0.25) is 5.89 Å². The number of urea groups is 1. The van der Waals surface area contributed by atoms with Crippen LogP contribution in [0.5, 0.6) is 0 Å². The molecule has 0 bridgehead atoms. The van der Waals surface area contributed by atoms with E-state index in [0.717, 1.165) is 25.8 Å². The topological polar surface area (TPSA) is 101 Å². The minimum Gasteiger partial charge on any atom is -0.406 e. The number of nitrogens with zero attached hydrogens (tertiary/aromatic N) is 2. The highest BCUT2D eigenvalue weighted by Crippen LogP contribution is 2.22. The first-order chi connectivity index (χ1) is 9.31. The van der Waals surface area contributed by atoms with Gasteiger partial charge in [0.25, 0.3) is 0 Å². The molecule has 2 fully saturated rings. The molecule has 1 aromatic rings. The summed E-state index contributed by atoms with van der Waals surface area (Å²) in [5.74, 6) is 0.525. The summed E-state index contributed by atoms with van der Waals surface area (Å²) in [6.45, 7) is 2.19. The summed E-state index contributed by atoms with van der Waals surface area (Å²) >= 11 is 0. The summed E-state index contributed by atoms with van der Waals surface area (Å²) in [4.78, 5) is 11.7. The molecule has 0 radical (unpaired) electrons. The van der Waals surface area contributed by atoms with Gasteiger partial charge in [-0.2, -0.15) is 0 Å². The van der Waals surface area contributed by atoms with Crippen molar-refractivity contribution in [2.45, 2.75) is 31.3 Å². The molecule has 3 rings (SSSR count). The molecule has 3 N–H and O–H groups in total. The minimum atomic E-state index is -0.343. The van der Waals surface area contributed by atoms with E-state index in [1.165, 1.54) is 0 Å². The number of rotatable bonds is 3. The lowest BCUT2D eigenvalue weighted by Gasteiger charge is -2.09. The Morgan fingerprint density at radius 3 is 3.05 bits per heavy atom. The highest BCUT2D eigenvalue weighted by molar-refractivity contribution is 5.87. The van der Waals surface area contributed by atoms with Gasteiger partial charge in [0.05, 0.1) is 18.7 Å². The Morgan fingerprint density at radius 2 is 2.32 bits per heavy atom. The zero-order chi connectivity index (χ0) is 13.1. The highest BCUT2D eigenvalue weighted by Gasteiger charge is 2.23. The van der Waals surface area contributed by atoms with Crippen LogP contribution in [0.3, 0.4) is 0 Å². The van der Waals surface area contributed by atoms with E-state index < -0.39 is 0 Å². The molecule has 1 aromatic heterocycles. The maximum Gasteiger partial charge on any atom is 0.323 e. The monoisotopic (exact) mass is 267 g/mol. The fraction of sp³-hybridized carbons (Fsp3) is 0.727. The van der Waals surface area contributed by atoms with Crippen molar-refractivity contribution in [3.63, 3.8) is 0 Å². The fourth-order valence-electron chi connectivity index (χ4n) is 2.29. The minimum absolute atomic E-state index is 0.0545. The van der Waals surface area contributed by atoms with E-state index in [-0.39, 0.29) is 24.1 Å². The second kappa shape index (κ2) is 5.54. The van der Waals surface area contributed by atoms with Crippen molar-refractivity contribution in [1.29, 1.82) is 0 Å². The van der Waals surface area contributed by atoms with Crippen LogP contribution in [0, 0.1) is 0 Å². The quantitative estimate of drug-likeness (QED) is 0.733. The van der Waals surface area contributed by atoms with Gasteiger partial charge < -0.3 is 19.8 Å². The number of hydrogen-bond donors (Lipinski definition) is 3. The van der Waals surface area contributed by atoms with Crippen molar-refractivity contribution in [3.8, 4) is 0 Å². The van der Waals surface area contributed by atoms with Crippen LogP contribution in [0.25, 0.3) is 0 Å². The molecule has 2 aliphatic rings. The Bertz CT molecular complexity index is 437. The third kappa shape index (κ3) is 3.02. The Balaban J connectivity index is 1.52. The number of carbonyl (C=O) groups is 1. The lowest BCUT2D eigenvalue weighted by molar-refractivity contribution is 0.189. The van der Waals surface area contributed by atoms with Crippen LogP contribution in [0.15, 0.2) is 4.42 Å². The molecule has 2 atom stereocenters. The number of amides is 2. The van der Waals surface area contributed by atoms with E-state index in [0.29, 0.717) is 19.1 Å².